The van der Waals surface area contributed by atoms with Gasteiger partial charge in [-0.3, -0.25) is 4.79 Å². The van der Waals surface area contributed by atoms with Gasteiger partial charge in [-0.25, -0.2) is 0 Å². The maximum absolute atomic E-state index is 12.0. The molecule has 15 heavy (non-hydrogen) atoms. The lowest BCUT2D eigenvalue weighted by molar-refractivity contribution is -0.134. The number of nitrogens with zero attached hydrogens (tertiary/aromatic N) is 1. The summed E-state index contributed by atoms with van der Waals surface area (Å²) in [6.45, 7) is 3.21. The third-order valence-electron chi connectivity index (χ3n) is 3.98. The zero-order chi connectivity index (χ0) is 11.0. The summed E-state index contributed by atoms with van der Waals surface area (Å²) in [6, 6.07) is 0.257. The molecule has 0 bridgehead atoms. The van der Waals surface area contributed by atoms with E-state index in [1.807, 2.05) is 11.9 Å². The van der Waals surface area contributed by atoms with E-state index in [0.29, 0.717) is 5.91 Å². The van der Waals surface area contributed by atoms with Crippen molar-refractivity contribution in [1.29, 1.82) is 0 Å². The summed E-state index contributed by atoms with van der Waals surface area (Å²) in [5.74, 6) is 2.11. The molecular weight excluding hydrogens is 188 g/mol. The van der Waals surface area contributed by atoms with Crippen molar-refractivity contribution in [3.8, 4) is 0 Å². The first-order chi connectivity index (χ1) is 7.08. The van der Waals surface area contributed by atoms with Crippen LogP contribution in [0.25, 0.3) is 0 Å². The molecule has 0 aromatic rings. The standard InChI is InChI=1S/C12H22N2O/c1-8-5-10(8)7-14(2)12(15)9-3-4-11(13)6-9/h8-11H,3-7,13H2,1-2H3. The second-order valence-electron chi connectivity index (χ2n) is 5.46. The molecule has 4 unspecified atom stereocenters. The average Bonchev–Trinajstić information content (AvgIpc) is 2.71. The SMILES string of the molecule is CC1CC1CN(C)C(=O)C1CCC(N)C1. The Morgan fingerprint density at radius 1 is 1.40 bits per heavy atom. The Morgan fingerprint density at radius 3 is 2.53 bits per heavy atom. The molecule has 2 fully saturated rings. The highest BCUT2D eigenvalue weighted by Crippen LogP contribution is 2.38. The first-order valence-corrected chi connectivity index (χ1v) is 6.08. The Bertz CT molecular complexity index is 254. The lowest BCUT2D eigenvalue weighted by Gasteiger charge is -2.21. The van der Waals surface area contributed by atoms with Gasteiger partial charge >= 0.3 is 0 Å². The second kappa shape index (κ2) is 4.12. The molecular formula is C12H22N2O. The molecule has 0 aromatic carbocycles. The van der Waals surface area contributed by atoms with Crippen LogP contribution in [0.5, 0.6) is 0 Å². The van der Waals surface area contributed by atoms with Gasteiger partial charge in [-0.05, 0) is 37.5 Å². The molecule has 2 saturated carbocycles. The van der Waals surface area contributed by atoms with Crippen LogP contribution in [0.15, 0.2) is 0 Å². The average molecular weight is 210 g/mol. The molecule has 3 heteroatoms. The van der Waals surface area contributed by atoms with Crippen LogP contribution in [0.2, 0.25) is 0 Å². The van der Waals surface area contributed by atoms with Crippen molar-refractivity contribution in [3.63, 3.8) is 0 Å². The van der Waals surface area contributed by atoms with Gasteiger partial charge in [0.1, 0.15) is 0 Å². The summed E-state index contributed by atoms with van der Waals surface area (Å²) in [5.41, 5.74) is 5.83. The number of hydrogen-bond acceptors (Lipinski definition) is 2. The summed E-state index contributed by atoms with van der Waals surface area (Å²) < 4.78 is 0. The normalized spacial score (nSPS) is 39.1. The van der Waals surface area contributed by atoms with Gasteiger partial charge in [0.25, 0.3) is 0 Å². The molecule has 2 aliphatic carbocycles. The van der Waals surface area contributed by atoms with Gasteiger partial charge in [0.15, 0.2) is 0 Å². The highest BCUT2D eigenvalue weighted by atomic mass is 16.2. The van der Waals surface area contributed by atoms with Gasteiger partial charge in [0, 0.05) is 25.6 Å². The smallest absolute Gasteiger partial charge is 0.225 e. The van der Waals surface area contributed by atoms with E-state index < -0.39 is 0 Å². The maximum Gasteiger partial charge on any atom is 0.225 e. The number of carbonyl (C=O) groups excluding carboxylic acids is 1. The van der Waals surface area contributed by atoms with Gasteiger partial charge < -0.3 is 10.6 Å². The quantitative estimate of drug-likeness (QED) is 0.761. The Kier molecular flexibility index (Phi) is 3.01. The Labute approximate surface area is 92.0 Å². The summed E-state index contributed by atoms with van der Waals surface area (Å²) >= 11 is 0. The summed E-state index contributed by atoms with van der Waals surface area (Å²) in [6.07, 6.45) is 4.19. The Morgan fingerprint density at radius 2 is 2.07 bits per heavy atom. The molecule has 0 radical (unpaired) electrons. The van der Waals surface area contributed by atoms with Crippen LogP contribution >= 0.6 is 0 Å². The van der Waals surface area contributed by atoms with Crippen LogP contribution in [0.1, 0.15) is 32.6 Å². The topological polar surface area (TPSA) is 46.3 Å². The van der Waals surface area contributed by atoms with E-state index in [1.54, 1.807) is 0 Å². The zero-order valence-electron chi connectivity index (χ0n) is 9.78. The fraction of sp³-hybridized carbons (Fsp3) is 0.917. The monoisotopic (exact) mass is 210 g/mol. The summed E-state index contributed by atoms with van der Waals surface area (Å²) in [5, 5.41) is 0. The third kappa shape index (κ3) is 2.51. The number of rotatable bonds is 3. The van der Waals surface area contributed by atoms with Crippen LogP contribution < -0.4 is 5.73 Å². The van der Waals surface area contributed by atoms with E-state index in [9.17, 15) is 4.79 Å². The van der Waals surface area contributed by atoms with Crippen LogP contribution in [-0.2, 0) is 4.79 Å². The van der Waals surface area contributed by atoms with Gasteiger partial charge in [0.05, 0.1) is 0 Å². The molecule has 2 aliphatic rings. The fourth-order valence-corrected chi connectivity index (χ4v) is 2.65. The number of nitrogens with two attached hydrogens (primary N) is 1. The summed E-state index contributed by atoms with van der Waals surface area (Å²) in [7, 11) is 1.94. The lowest BCUT2D eigenvalue weighted by Crippen LogP contribution is -2.34. The lowest BCUT2D eigenvalue weighted by atomic mass is 10.1. The van der Waals surface area contributed by atoms with Crippen molar-refractivity contribution < 1.29 is 4.79 Å². The molecule has 3 nitrogen and oxygen atoms in total. The molecule has 0 heterocycles. The van der Waals surface area contributed by atoms with E-state index in [-0.39, 0.29) is 12.0 Å². The van der Waals surface area contributed by atoms with Crippen molar-refractivity contribution in [3.05, 3.63) is 0 Å². The highest BCUT2D eigenvalue weighted by molar-refractivity contribution is 5.79. The Hall–Kier alpha value is -0.570. The summed E-state index contributed by atoms with van der Waals surface area (Å²) in [4.78, 5) is 14.0. The van der Waals surface area contributed by atoms with Crippen molar-refractivity contribution in [1.82, 2.24) is 4.90 Å². The number of amides is 1. The van der Waals surface area contributed by atoms with Gasteiger partial charge in [-0.15, -0.1) is 0 Å². The minimum Gasteiger partial charge on any atom is -0.345 e. The van der Waals surface area contributed by atoms with Crippen molar-refractivity contribution in [2.24, 2.45) is 23.5 Å². The molecule has 0 aliphatic heterocycles. The molecule has 86 valence electrons. The van der Waals surface area contributed by atoms with Crippen molar-refractivity contribution >= 4 is 5.91 Å². The molecule has 0 aromatic heterocycles. The molecule has 0 saturated heterocycles. The van der Waals surface area contributed by atoms with Gasteiger partial charge in [-0.2, -0.15) is 0 Å². The molecule has 2 rings (SSSR count). The molecule has 4 atom stereocenters. The van der Waals surface area contributed by atoms with E-state index in [2.05, 4.69) is 6.92 Å². The molecule has 1 amide bonds. The van der Waals surface area contributed by atoms with Crippen LogP contribution in [0.4, 0.5) is 0 Å². The second-order valence-corrected chi connectivity index (χ2v) is 5.46. The predicted octanol–water partition coefficient (Wildman–Crippen LogP) is 1.23. The number of hydrogen-bond donors (Lipinski definition) is 1. The van der Waals surface area contributed by atoms with Gasteiger partial charge in [0.2, 0.25) is 5.91 Å². The fourth-order valence-electron chi connectivity index (χ4n) is 2.65. The first-order valence-electron chi connectivity index (χ1n) is 6.08. The number of carbonyl (C=O) groups is 1. The van der Waals surface area contributed by atoms with Crippen LogP contribution in [-0.4, -0.2) is 30.4 Å². The van der Waals surface area contributed by atoms with Crippen LogP contribution in [0.3, 0.4) is 0 Å². The predicted molar refractivity (Wildman–Crippen MR) is 60.2 cm³/mol. The largest absolute Gasteiger partial charge is 0.345 e. The van der Waals surface area contributed by atoms with Crippen molar-refractivity contribution in [2.75, 3.05) is 13.6 Å². The van der Waals surface area contributed by atoms with Gasteiger partial charge in [-0.1, -0.05) is 6.92 Å². The molecule has 2 N–H and O–H groups in total. The van der Waals surface area contributed by atoms with E-state index >= 15 is 0 Å². The minimum atomic E-state index is 0.207. The van der Waals surface area contributed by atoms with E-state index in [1.165, 1.54) is 6.42 Å². The van der Waals surface area contributed by atoms with Crippen LogP contribution in [0, 0.1) is 17.8 Å². The minimum absolute atomic E-state index is 0.207. The van der Waals surface area contributed by atoms with E-state index in [4.69, 9.17) is 5.73 Å². The Balaban J connectivity index is 1.79. The third-order valence-corrected chi connectivity index (χ3v) is 3.98. The zero-order valence-corrected chi connectivity index (χ0v) is 9.78. The van der Waals surface area contributed by atoms with E-state index in [0.717, 1.165) is 37.6 Å². The highest BCUT2D eigenvalue weighted by Gasteiger charge is 2.36. The molecule has 0 spiro atoms. The maximum atomic E-state index is 12.0. The first kappa shape index (κ1) is 10.9. The van der Waals surface area contributed by atoms with Crippen molar-refractivity contribution in [2.45, 2.75) is 38.6 Å².